The molecule has 0 spiro atoms. The quantitative estimate of drug-likeness (QED) is 0.510. The zero-order chi connectivity index (χ0) is 17.1. The van der Waals surface area contributed by atoms with E-state index < -0.39 is 0 Å². The number of H-pyrrole nitrogens is 1. The second-order valence-corrected chi connectivity index (χ2v) is 5.64. The molecule has 0 bridgehead atoms. The summed E-state index contributed by atoms with van der Waals surface area (Å²) in [6.07, 6.45) is 1.59. The lowest BCUT2D eigenvalue weighted by atomic mass is 10.2. The van der Waals surface area contributed by atoms with Crippen LogP contribution < -0.4 is 16.1 Å². The number of fused-ring (bicyclic) bond motifs is 1. The summed E-state index contributed by atoms with van der Waals surface area (Å²) in [5, 5.41) is 4.81. The molecule has 1 heterocycles. The van der Waals surface area contributed by atoms with Gasteiger partial charge >= 0.3 is 0 Å². The van der Waals surface area contributed by atoms with Crippen molar-refractivity contribution < 1.29 is 4.79 Å². The van der Waals surface area contributed by atoms with E-state index in [4.69, 9.17) is 5.73 Å². The summed E-state index contributed by atoms with van der Waals surface area (Å²) >= 11 is 0. The second-order valence-electron chi connectivity index (χ2n) is 5.64. The summed E-state index contributed by atoms with van der Waals surface area (Å²) < 4.78 is 0. The Balaban J connectivity index is 1.71. The summed E-state index contributed by atoms with van der Waals surface area (Å²) in [7, 11) is 3.96. The Hall–Kier alpha value is -3.28. The highest BCUT2D eigenvalue weighted by atomic mass is 16.2. The average molecular weight is 321 g/mol. The van der Waals surface area contributed by atoms with Crippen molar-refractivity contribution in [2.75, 3.05) is 24.7 Å². The molecule has 4 N–H and O–H groups in total. The predicted molar refractivity (Wildman–Crippen MR) is 98.5 cm³/mol. The molecule has 1 amide bonds. The van der Waals surface area contributed by atoms with E-state index in [1.807, 2.05) is 67.5 Å². The van der Waals surface area contributed by atoms with Crippen LogP contribution in [0.25, 0.3) is 10.9 Å². The SMILES string of the molecule is CN(C)c1ccc(/C=N/NC(=O)c2[nH]c3ccccc3c2N)cc1. The first-order valence-electron chi connectivity index (χ1n) is 7.53. The third-order valence-corrected chi connectivity index (χ3v) is 3.76. The van der Waals surface area contributed by atoms with Gasteiger partial charge in [-0.2, -0.15) is 5.10 Å². The number of para-hydroxylation sites is 1. The molecule has 0 aliphatic carbocycles. The van der Waals surface area contributed by atoms with Crippen molar-refractivity contribution in [2.45, 2.75) is 0 Å². The molecule has 0 saturated heterocycles. The molecule has 6 heteroatoms. The minimum atomic E-state index is -0.370. The van der Waals surface area contributed by atoms with Crippen molar-refractivity contribution in [3.05, 3.63) is 59.8 Å². The van der Waals surface area contributed by atoms with Crippen molar-refractivity contribution in [1.82, 2.24) is 10.4 Å². The third-order valence-electron chi connectivity index (χ3n) is 3.76. The van der Waals surface area contributed by atoms with Crippen molar-refractivity contribution in [2.24, 2.45) is 5.10 Å². The first-order chi connectivity index (χ1) is 11.6. The van der Waals surface area contributed by atoms with Crippen LogP contribution in [0.2, 0.25) is 0 Å². The molecular formula is C18H19N5O. The van der Waals surface area contributed by atoms with Gasteiger partial charge in [0, 0.05) is 30.7 Å². The molecule has 0 unspecified atom stereocenters. The van der Waals surface area contributed by atoms with Crippen LogP contribution in [0.4, 0.5) is 11.4 Å². The van der Waals surface area contributed by atoms with Gasteiger partial charge < -0.3 is 15.6 Å². The lowest BCUT2D eigenvalue weighted by Gasteiger charge is -2.11. The van der Waals surface area contributed by atoms with Gasteiger partial charge in [0.05, 0.1) is 11.9 Å². The highest BCUT2D eigenvalue weighted by Gasteiger charge is 2.14. The summed E-state index contributed by atoms with van der Waals surface area (Å²) in [5.41, 5.74) is 12.1. The van der Waals surface area contributed by atoms with E-state index in [1.165, 1.54) is 0 Å². The van der Waals surface area contributed by atoms with Crippen LogP contribution in [0, 0.1) is 0 Å². The third kappa shape index (κ3) is 3.08. The number of hydrogen-bond donors (Lipinski definition) is 3. The summed E-state index contributed by atoms with van der Waals surface area (Å²) in [6.45, 7) is 0. The van der Waals surface area contributed by atoms with E-state index in [-0.39, 0.29) is 5.91 Å². The maximum absolute atomic E-state index is 12.2. The van der Waals surface area contributed by atoms with Crippen LogP contribution in [-0.2, 0) is 0 Å². The van der Waals surface area contributed by atoms with Crippen molar-refractivity contribution in [3.8, 4) is 0 Å². The number of aromatic nitrogens is 1. The Morgan fingerprint density at radius 1 is 1.17 bits per heavy atom. The van der Waals surface area contributed by atoms with Crippen molar-refractivity contribution >= 4 is 34.4 Å². The standard InChI is InChI=1S/C18H19N5O/c1-23(2)13-9-7-12(8-10-13)11-20-22-18(24)17-16(19)14-5-3-4-6-15(14)21-17/h3-11,21H,19H2,1-2H3,(H,22,24)/b20-11+. The molecule has 2 aromatic carbocycles. The van der Waals surface area contributed by atoms with Crippen molar-refractivity contribution in [1.29, 1.82) is 0 Å². The Morgan fingerprint density at radius 2 is 1.88 bits per heavy atom. The highest BCUT2D eigenvalue weighted by Crippen LogP contribution is 2.24. The molecule has 0 radical (unpaired) electrons. The molecule has 0 aliphatic rings. The zero-order valence-corrected chi connectivity index (χ0v) is 13.6. The Kier molecular flexibility index (Phi) is 4.20. The molecule has 122 valence electrons. The first-order valence-corrected chi connectivity index (χ1v) is 7.53. The molecule has 6 nitrogen and oxygen atoms in total. The van der Waals surface area contributed by atoms with Gasteiger partial charge in [-0.3, -0.25) is 4.79 Å². The van der Waals surface area contributed by atoms with Gasteiger partial charge in [-0.25, -0.2) is 5.43 Å². The zero-order valence-electron chi connectivity index (χ0n) is 13.6. The molecule has 1 aromatic heterocycles. The molecule has 0 atom stereocenters. The predicted octanol–water partition coefficient (Wildman–Crippen LogP) is 2.58. The minimum Gasteiger partial charge on any atom is -0.396 e. The van der Waals surface area contributed by atoms with E-state index in [0.717, 1.165) is 22.2 Å². The topological polar surface area (TPSA) is 86.5 Å². The molecule has 3 aromatic rings. The molecule has 3 rings (SSSR count). The average Bonchev–Trinajstić information content (AvgIpc) is 2.93. The van der Waals surface area contributed by atoms with Gasteiger partial charge in [0.15, 0.2) is 0 Å². The van der Waals surface area contributed by atoms with E-state index in [2.05, 4.69) is 15.5 Å². The Labute approximate surface area is 140 Å². The largest absolute Gasteiger partial charge is 0.396 e. The summed E-state index contributed by atoms with van der Waals surface area (Å²) in [5.74, 6) is -0.370. The van der Waals surface area contributed by atoms with Gasteiger partial charge in [0.25, 0.3) is 5.91 Å². The number of aromatic amines is 1. The smallest absolute Gasteiger partial charge is 0.289 e. The highest BCUT2D eigenvalue weighted by molar-refractivity contribution is 6.07. The number of hydrazone groups is 1. The van der Waals surface area contributed by atoms with E-state index in [1.54, 1.807) is 6.21 Å². The number of carbonyl (C=O) groups excluding carboxylic acids is 1. The first kappa shape index (κ1) is 15.6. The van der Waals surface area contributed by atoms with E-state index in [9.17, 15) is 4.79 Å². The van der Waals surface area contributed by atoms with Crippen LogP contribution in [0.15, 0.2) is 53.6 Å². The number of nitrogens with one attached hydrogen (secondary N) is 2. The Morgan fingerprint density at radius 3 is 2.54 bits per heavy atom. The van der Waals surface area contributed by atoms with Gasteiger partial charge in [0.1, 0.15) is 5.69 Å². The fraction of sp³-hybridized carbons (Fsp3) is 0.111. The summed E-state index contributed by atoms with van der Waals surface area (Å²) in [4.78, 5) is 17.3. The van der Waals surface area contributed by atoms with Gasteiger partial charge in [-0.05, 0) is 23.8 Å². The maximum atomic E-state index is 12.2. The number of amides is 1. The molecule has 0 saturated carbocycles. The van der Waals surface area contributed by atoms with Crippen LogP contribution in [0.1, 0.15) is 16.1 Å². The van der Waals surface area contributed by atoms with E-state index >= 15 is 0 Å². The second kappa shape index (κ2) is 6.45. The fourth-order valence-electron chi connectivity index (χ4n) is 2.42. The number of anilines is 2. The molecule has 0 fully saturated rings. The van der Waals surface area contributed by atoms with Gasteiger partial charge in [-0.1, -0.05) is 30.3 Å². The van der Waals surface area contributed by atoms with Crippen LogP contribution >= 0.6 is 0 Å². The number of nitrogens with zero attached hydrogens (tertiary/aromatic N) is 2. The molecular weight excluding hydrogens is 302 g/mol. The van der Waals surface area contributed by atoms with E-state index in [0.29, 0.717) is 11.4 Å². The van der Waals surface area contributed by atoms with Crippen LogP contribution in [-0.4, -0.2) is 31.2 Å². The molecule has 0 aliphatic heterocycles. The number of nitrogen functional groups attached to an aromatic ring is 1. The molecule has 24 heavy (non-hydrogen) atoms. The number of carbonyl (C=O) groups is 1. The minimum absolute atomic E-state index is 0.316. The summed E-state index contributed by atoms with van der Waals surface area (Å²) in [6, 6.07) is 15.3. The van der Waals surface area contributed by atoms with Gasteiger partial charge in [0.2, 0.25) is 0 Å². The maximum Gasteiger partial charge on any atom is 0.289 e. The normalized spacial score (nSPS) is 11.1. The fourth-order valence-corrected chi connectivity index (χ4v) is 2.42. The van der Waals surface area contributed by atoms with Crippen LogP contribution in [0.5, 0.6) is 0 Å². The van der Waals surface area contributed by atoms with Crippen molar-refractivity contribution in [3.63, 3.8) is 0 Å². The lowest BCUT2D eigenvalue weighted by molar-refractivity contribution is 0.0952. The van der Waals surface area contributed by atoms with Gasteiger partial charge in [-0.15, -0.1) is 0 Å². The lowest BCUT2D eigenvalue weighted by Crippen LogP contribution is -2.19. The monoisotopic (exact) mass is 321 g/mol. The number of nitrogens with two attached hydrogens (primary N) is 1. The Bertz CT molecular complexity index is 893. The number of benzene rings is 2. The van der Waals surface area contributed by atoms with Crippen LogP contribution in [0.3, 0.4) is 0 Å². The number of hydrogen-bond acceptors (Lipinski definition) is 4. The number of rotatable bonds is 4.